The zero-order chi connectivity index (χ0) is 17.7. The van der Waals surface area contributed by atoms with Crippen LogP contribution in [0.25, 0.3) is 11.4 Å². The van der Waals surface area contributed by atoms with E-state index in [1.54, 1.807) is 11.9 Å². The predicted octanol–water partition coefficient (Wildman–Crippen LogP) is 2.11. The Bertz CT molecular complexity index is 700. The molecule has 1 aromatic heterocycles. The number of rotatable bonds is 7. The zero-order valence-corrected chi connectivity index (χ0v) is 13.0. The lowest BCUT2D eigenvalue weighted by Gasteiger charge is -2.12. The molecule has 2 N–H and O–H groups in total. The number of hydrogen-bond acceptors (Lipinski definition) is 5. The van der Waals surface area contributed by atoms with Crippen molar-refractivity contribution in [2.45, 2.75) is 19.0 Å². The van der Waals surface area contributed by atoms with Gasteiger partial charge in [0.2, 0.25) is 17.6 Å². The zero-order valence-electron chi connectivity index (χ0n) is 13.0. The highest BCUT2D eigenvalue weighted by molar-refractivity contribution is 5.75. The molecule has 0 aliphatic rings. The van der Waals surface area contributed by atoms with Gasteiger partial charge >= 0.3 is 6.18 Å². The van der Waals surface area contributed by atoms with Crippen LogP contribution in [0.2, 0.25) is 0 Å². The van der Waals surface area contributed by atoms with Crippen LogP contribution in [0, 0.1) is 0 Å². The minimum atomic E-state index is -4.42. The molecule has 1 aromatic carbocycles. The average molecular weight is 342 g/mol. The lowest BCUT2D eigenvalue weighted by Crippen LogP contribution is -2.31. The van der Waals surface area contributed by atoms with Crippen molar-refractivity contribution in [1.82, 2.24) is 15.0 Å². The second-order valence-corrected chi connectivity index (χ2v) is 5.40. The minimum Gasteiger partial charge on any atom is -0.369 e. The molecule has 130 valence electrons. The molecule has 0 aliphatic heterocycles. The number of likely N-dealkylation sites (N-methyl/N-ethyl adjacent to an activating group) is 1. The van der Waals surface area contributed by atoms with Crippen molar-refractivity contribution in [3.63, 3.8) is 0 Å². The maximum atomic E-state index is 12.7. The Hall–Kier alpha value is -2.42. The summed E-state index contributed by atoms with van der Waals surface area (Å²) in [6.07, 6.45) is -3.32. The van der Waals surface area contributed by atoms with Crippen LogP contribution in [0.4, 0.5) is 13.2 Å². The summed E-state index contributed by atoms with van der Waals surface area (Å²) in [6.45, 7) is 0.754. The molecule has 0 radical (unpaired) electrons. The standard InChI is InChI=1S/C15H17F3N4O2/c1-22(9-12(19)23)7-3-6-13-20-14(21-24-13)10-4-2-5-11(8-10)15(16,17)18/h2,4-5,8H,3,6-7,9H2,1H3,(H2,19,23). The van der Waals surface area contributed by atoms with E-state index < -0.39 is 17.6 Å². The van der Waals surface area contributed by atoms with Crippen LogP contribution >= 0.6 is 0 Å². The third-order valence-corrected chi connectivity index (χ3v) is 3.27. The Labute approximate surface area is 136 Å². The molecule has 0 saturated carbocycles. The van der Waals surface area contributed by atoms with Crippen molar-refractivity contribution in [2.75, 3.05) is 20.1 Å². The number of hydrogen-bond donors (Lipinski definition) is 1. The predicted molar refractivity (Wildman–Crippen MR) is 79.7 cm³/mol. The van der Waals surface area contributed by atoms with Crippen molar-refractivity contribution < 1.29 is 22.5 Å². The molecule has 9 heteroatoms. The van der Waals surface area contributed by atoms with E-state index in [0.29, 0.717) is 25.3 Å². The largest absolute Gasteiger partial charge is 0.416 e. The van der Waals surface area contributed by atoms with Crippen molar-refractivity contribution in [2.24, 2.45) is 5.73 Å². The first-order chi connectivity index (χ1) is 11.3. The van der Waals surface area contributed by atoms with Gasteiger partial charge in [-0.15, -0.1) is 0 Å². The molecule has 1 heterocycles. The highest BCUT2D eigenvalue weighted by atomic mass is 19.4. The molecule has 0 unspecified atom stereocenters. The fourth-order valence-corrected chi connectivity index (χ4v) is 2.15. The number of aryl methyl sites for hydroxylation is 1. The van der Waals surface area contributed by atoms with E-state index in [-0.39, 0.29) is 17.9 Å². The maximum absolute atomic E-state index is 12.7. The topological polar surface area (TPSA) is 85.2 Å². The van der Waals surface area contributed by atoms with E-state index >= 15 is 0 Å². The second-order valence-electron chi connectivity index (χ2n) is 5.40. The molecule has 0 bridgehead atoms. The maximum Gasteiger partial charge on any atom is 0.416 e. The number of aromatic nitrogens is 2. The van der Waals surface area contributed by atoms with Crippen molar-refractivity contribution >= 4 is 5.91 Å². The molecule has 24 heavy (non-hydrogen) atoms. The van der Waals surface area contributed by atoms with Crippen LogP contribution in [0.5, 0.6) is 0 Å². The Morgan fingerprint density at radius 2 is 2.12 bits per heavy atom. The molecular formula is C15H17F3N4O2. The molecule has 0 spiro atoms. The second kappa shape index (κ2) is 7.43. The Morgan fingerprint density at radius 1 is 1.38 bits per heavy atom. The normalized spacial score (nSPS) is 11.9. The first-order valence-corrected chi connectivity index (χ1v) is 7.23. The fourth-order valence-electron chi connectivity index (χ4n) is 2.15. The van der Waals surface area contributed by atoms with Gasteiger partial charge in [-0.25, -0.2) is 0 Å². The monoisotopic (exact) mass is 342 g/mol. The molecule has 0 atom stereocenters. The summed E-state index contributed by atoms with van der Waals surface area (Å²) in [4.78, 5) is 16.6. The number of carbonyl (C=O) groups is 1. The number of halogens is 3. The first-order valence-electron chi connectivity index (χ1n) is 7.23. The van der Waals surface area contributed by atoms with Gasteiger partial charge in [-0.3, -0.25) is 9.69 Å². The van der Waals surface area contributed by atoms with Crippen LogP contribution in [0.15, 0.2) is 28.8 Å². The van der Waals surface area contributed by atoms with Crippen LogP contribution in [0.1, 0.15) is 17.9 Å². The van der Waals surface area contributed by atoms with Gasteiger partial charge in [0.1, 0.15) is 0 Å². The summed E-state index contributed by atoms with van der Waals surface area (Å²) in [6, 6.07) is 4.76. The summed E-state index contributed by atoms with van der Waals surface area (Å²) >= 11 is 0. The molecule has 2 rings (SSSR count). The quantitative estimate of drug-likeness (QED) is 0.833. The third-order valence-electron chi connectivity index (χ3n) is 3.27. The van der Waals surface area contributed by atoms with Crippen molar-refractivity contribution in [3.05, 3.63) is 35.7 Å². The van der Waals surface area contributed by atoms with E-state index in [1.165, 1.54) is 12.1 Å². The Morgan fingerprint density at radius 3 is 2.79 bits per heavy atom. The fraction of sp³-hybridized carbons (Fsp3) is 0.400. The summed E-state index contributed by atoms with van der Waals surface area (Å²) in [5, 5.41) is 3.71. The summed E-state index contributed by atoms with van der Waals surface area (Å²) in [7, 11) is 1.76. The van der Waals surface area contributed by atoms with Gasteiger partial charge in [-0.05, 0) is 32.1 Å². The van der Waals surface area contributed by atoms with Gasteiger partial charge < -0.3 is 10.3 Å². The number of nitrogens with zero attached hydrogens (tertiary/aromatic N) is 3. The molecule has 1 amide bonds. The van der Waals surface area contributed by atoms with Crippen LogP contribution in [-0.4, -0.2) is 41.1 Å². The highest BCUT2D eigenvalue weighted by Gasteiger charge is 2.30. The molecule has 0 saturated heterocycles. The van der Waals surface area contributed by atoms with E-state index in [0.717, 1.165) is 12.1 Å². The highest BCUT2D eigenvalue weighted by Crippen LogP contribution is 2.31. The number of primary amides is 1. The number of benzene rings is 1. The Balaban J connectivity index is 1.97. The lowest BCUT2D eigenvalue weighted by atomic mass is 10.1. The van der Waals surface area contributed by atoms with Gasteiger partial charge in [0.25, 0.3) is 0 Å². The summed E-state index contributed by atoms with van der Waals surface area (Å²) in [5.41, 5.74) is 4.56. The smallest absolute Gasteiger partial charge is 0.369 e. The molecule has 2 aromatic rings. The van der Waals surface area contributed by atoms with Crippen LogP contribution in [0.3, 0.4) is 0 Å². The summed E-state index contributed by atoms with van der Waals surface area (Å²) < 4.78 is 43.2. The van der Waals surface area contributed by atoms with E-state index in [2.05, 4.69) is 10.1 Å². The van der Waals surface area contributed by atoms with Crippen molar-refractivity contribution in [3.8, 4) is 11.4 Å². The molecular weight excluding hydrogens is 325 g/mol. The number of amides is 1. The third kappa shape index (κ3) is 5.05. The SMILES string of the molecule is CN(CCCc1nc(-c2cccc(C(F)(F)F)c2)no1)CC(N)=O. The van der Waals surface area contributed by atoms with Gasteiger partial charge in [0.05, 0.1) is 12.1 Å². The van der Waals surface area contributed by atoms with E-state index in [4.69, 9.17) is 10.3 Å². The van der Waals surface area contributed by atoms with Crippen LogP contribution in [-0.2, 0) is 17.4 Å². The van der Waals surface area contributed by atoms with Crippen molar-refractivity contribution in [1.29, 1.82) is 0 Å². The van der Waals surface area contributed by atoms with Crippen LogP contribution < -0.4 is 5.73 Å². The Kier molecular flexibility index (Phi) is 5.55. The molecule has 0 fully saturated rings. The summed E-state index contributed by atoms with van der Waals surface area (Å²) in [5.74, 6) is 0.0265. The van der Waals surface area contributed by atoms with Gasteiger partial charge in [0.15, 0.2) is 0 Å². The van der Waals surface area contributed by atoms with Gasteiger partial charge in [0, 0.05) is 12.0 Å². The number of nitrogens with two attached hydrogens (primary N) is 1. The molecule has 0 aliphatic carbocycles. The average Bonchev–Trinajstić information content (AvgIpc) is 2.94. The lowest BCUT2D eigenvalue weighted by molar-refractivity contribution is -0.137. The van der Waals surface area contributed by atoms with E-state index in [9.17, 15) is 18.0 Å². The minimum absolute atomic E-state index is 0.113. The van der Waals surface area contributed by atoms with E-state index in [1.807, 2.05) is 0 Å². The van der Waals surface area contributed by atoms with Gasteiger partial charge in [-0.1, -0.05) is 17.3 Å². The van der Waals surface area contributed by atoms with Gasteiger partial charge in [-0.2, -0.15) is 18.2 Å². The number of carbonyl (C=O) groups excluding carboxylic acids is 1. The number of alkyl halides is 3. The molecule has 6 nitrogen and oxygen atoms in total. The first kappa shape index (κ1) is 17.9.